The molecule has 0 saturated carbocycles. The maximum absolute atomic E-state index is 11.8. The predicted octanol–water partition coefficient (Wildman–Crippen LogP) is 3.11. The number of benzene rings is 1. The van der Waals surface area contributed by atoms with Crippen LogP contribution in [0.15, 0.2) is 39.5 Å². The number of nitrogens with one attached hydrogen (secondary N) is 2. The van der Waals surface area contributed by atoms with E-state index in [-0.39, 0.29) is 18.0 Å². The number of non-ortho nitro benzene ring substituents is 1. The fourth-order valence-electron chi connectivity index (χ4n) is 2.05. The fourth-order valence-corrected chi connectivity index (χ4v) is 3.16. The third-order valence-corrected chi connectivity index (χ3v) is 4.77. The molecule has 11 heteroatoms. The van der Waals surface area contributed by atoms with E-state index in [1.807, 2.05) is 0 Å². The molecule has 0 aliphatic heterocycles. The van der Waals surface area contributed by atoms with Gasteiger partial charge in [0.25, 0.3) is 17.5 Å². The molecule has 0 atom stereocenters. The molecule has 1 heterocycles. The summed E-state index contributed by atoms with van der Waals surface area (Å²) >= 11 is 4.55. The molecular formula is C17H16BrN3O6S. The summed E-state index contributed by atoms with van der Waals surface area (Å²) in [4.78, 5) is 45.3. The number of rotatable bonds is 9. The molecule has 148 valence electrons. The second kappa shape index (κ2) is 10.5. The number of carbonyl (C=O) groups is 3. The Labute approximate surface area is 172 Å². The SMILES string of the molecule is O=C(COC(=O)CCCNC(=O)c1ccsc1)Nc1ccc([N+](=O)[O-])cc1Br. The number of nitro groups is 1. The molecule has 2 rings (SSSR count). The Hall–Kier alpha value is -2.79. The van der Waals surface area contributed by atoms with Crippen LogP contribution >= 0.6 is 27.3 Å². The van der Waals surface area contributed by atoms with Crippen molar-refractivity contribution < 1.29 is 24.0 Å². The molecule has 1 aromatic carbocycles. The largest absolute Gasteiger partial charge is 0.456 e. The first kappa shape index (κ1) is 21.5. The maximum Gasteiger partial charge on any atom is 0.306 e. The summed E-state index contributed by atoms with van der Waals surface area (Å²) < 4.78 is 5.21. The average Bonchev–Trinajstić information content (AvgIpc) is 3.19. The van der Waals surface area contributed by atoms with Crippen molar-refractivity contribution in [2.75, 3.05) is 18.5 Å². The van der Waals surface area contributed by atoms with Crippen molar-refractivity contribution in [3.8, 4) is 0 Å². The maximum atomic E-state index is 11.8. The van der Waals surface area contributed by atoms with Crippen LogP contribution in [0, 0.1) is 10.1 Å². The van der Waals surface area contributed by atoms with Crippen molar-refractivity contribution in [1.29, 1.82) is 0 Å². The first-order valence-corrected chi connectivity index (χ1v) is 9.80. The zero-order valence-electron chi connectivity index (χ0n) is 14.5. The standard InChI is InChI=1S/C17H16BrN3O6S/c18-13-8-12(21(25)26)3-4-14(13)20-15(22)9-27-16(23)2-1-6-19-17(24)11-5-7-28-10-11/h3-5,7-8,10H,1-2,6,9H2,(H,19,24)(H,20,22). The quantitative estimate of drug-likeness (QED) is 0.251. The Morgan fingerprint density at radius 2 is 2.04 bits per heavy atom. The number of amides is 2. The first-order chi connectivity index (χ1) is 13.4. The number of hydrogen-bond donors (Lipinski definition) is 2. The lowest BCUT2D eigenvalue weighted by Gasteiger charge is -2.08. The summed E-state index contributed by atoms with van der Waals surface area (Å²) in [6.07, 6.45) is 0.433. The van der Waals surface area contributed by atoms with Crippen LogP contribution in [0.5, 0.6) is 0 Å². The molecule has 0 aliphatic carbocycles. The third kappa shape index (κ3) is 6.74. The Bertz CT molecular complexity index is 872. The molecule has 0 spiro atoms. The minimum Gasteiger partial charge on any atom is -0.456 e. The van der Waals surface area contributed by atoms with Crippen LogP contribution in [0.3, 0.4) is 0 Å². The lowest BCUT2D eigenvalue weighted by atomic mass is 10.3. The molecule has 0 unspecified atom stereocenters. The van der Waals surface area contributed by atoms with E-state index >= 15 is 0 Å². The number of thiophene rings is 1. The smallest absolute Gasteiger partial charge is 0.306 e. The lowest BCUT2D eigenvalue weighted by molar-refractivity contribution is -0.384. The Morgan fingerprint density at radius 1 is 1.25 bits per heavy atom. The number of hydrogen-bond acceptors (Lipinski definition) is 7. The molecule has 2 amide bonds. The molecule has 2 aromatic rings. The number of anilines is 1. The topological polar surface area (TPSA) is 128 Å². The number of nitrogens with zero attached hydrogens (tertiary/aromatic N) is 1. The van der Waals surface area contributed by atoms with E-state index in [1.54, 1.807) is 16.8 Å². The summed E-state index contributed by atoms with van der Waals surface area (Å²) in [5.74, 6) is -1.35. The second-order valence-corrected chi connectivity index (χ2v) is 7.14. The van der Waals surface area contributed by atoms with Gasteiger partial charge in [0.1, 0.15) is 0 Å². The number of ether oxygens (including phenoxy) is 1. The number of nitro benzene ring substituents is 1. The highest BCUT2D eigenvalue weighted by Gasteiger charge is 2.13. The monoisotopic (exact) mass is 469 g/mol. The molecule has 28 heavy (non-hydrogen) atoms. The summed E-state index contributed by atoms with van der Waals surface area (Å²) in [5, 5.41) is 19.4. The van der Waals surface area contributed by atoms with Gasteiger partial charge in [-0.25, -0.2) is 0 Å². The van der Waals surface area contributed by atoms with Crippen molar-refractivity contribution in [2.45, 2.75) is 12.8 Å². The van der Waals surface area contributed by atoms with E-state index in [0.29, 0.717) is 28.7 Å². The van der Waals surface area contributed by atoms with E-state index in [9.17, 15) is 24.5 Å². The van der Waals surface area contributed by atoms with Crippen molar-refractivity contribution in [3.63, 3.8) is 0 Å². The highest BCUT2D eigenvalue weighted by Crippen LogP contribution is 2.27. The third-order valence-electron chi connectivity index (χ3n) is 3.43. The van der Waals surface area contributed by atoms with Gasteiger partial charge in [0, 0.05) is 40.5 Å². The molecule has 0 bridgehead atoms. The second-order valence-electron chi connectivity index (χ2n) is 5.50. The van der Waals surface area contributed by atoms with Gasteiger partial charge >= 0.3 is 5.97 Å². The van der Waals surface area contributed by atoms with Crippen LogP contribution in [-0.4, -0.2) is 35.9 Å². The fraction of sp³-hybridized carbons (Fsp3) is 0.235. The number of halogens is 1. The van der Waals surface area contributed by atoms with Crippen LogP contribution in [0.4, 0.5) is 11.4 Å². The molecule has 0 aliphatic rings. The lowest BCUT2D eigenvalue weighted by Crippen LogP contribution is -2.25. The molecule has 0 radical (unpaired) electrons. The zero-order chi connectivity index (χ0) is 20.5. The van der Waals surface area contributed by atoms with E-state index in [2.05, 4.69) is 26.6 Å². The highest BCUT2D eigenvalue weighted by molar-refractivity contribution is 9.10. The highest BCUT2D eigenvalue weighted by atomic mass is 79.9. The van der Waals surface area contributed by atoms with Crippen molar-refractivity contribution in [2.24, 2.45) is 0 Å². The minimum absolute atomic E-state index is 0.0540. The van der Waals surface area contributed by atoms with E-state index in [0.717, 1.165) is 0 Å². The predicted molar refractivity (Wildman–Crippen MR) is 106 cm³/mol. The molecule has 0 fully saturated rings. The van der Waals surface area contributed by atoms with E-state index in [1.165, 1.54) is 29.5 Å². The normalized spacial score (nSPS) is 10.2. The van der Waals surface area contributed by atoms with Gasteiger partial charge in [-0.05, 0) is 39.9 Å². The number of esters is 1. The summed E-state index contributed by atoms with van der Waals surface area (Å²) in [5.41, 5.74) is 0.770. The van der Waals surface area contributed by atoms with Gasteiger partial charge in [-0.15, -0.1) is 0 Å². The van der Waals surface area contributed by atoms with Crippen LogP contribution in [0.1, 0.15) is 23.2 Å². The summed E-state index contributed by atoms with van der Waals surface area (Å²) in [6.45, 7) is -0.171. The minimum atomic E-state index is -0.575. The molecule has 1 aromatic heterocycles. The van der Waals surface area contributed by atoms with Crippen molar-refractivity contribution >= 4 is 56.4 Å². The zero-order valence-corrected chi connectivity index (χ0v) is 16.9. The molecule has 0 saturated heterocycles. The molecule has 2 N–H and O–H groups in total. The van der Waals surface area contributed by atoms with Crippen molar-refractivity contribution in [1.82, 2.24) is 5.32 Å². The van der Waals surface area contributed by atoms with E-state index in [4.69, 9.17) is 4.74 Å². The summed E-state index contributed by atoms with van der Waals surface area (Å²) in [7, 11) is 0. The Balaban J connectivity index is 1.66. The molecular weight excluding hydrogens is 454 g/mol. The van der Waals surface area contributed by atoms with Gasteiger partial charge < -0.3 is 15.4 Å². The first-order valence-electron chi connectivity index (χ1n) is 8.06. The van der Waals surface area contributed by atoms with Gasteiger partial charge in [0.2, 0.25) is 0 Å². The van der Waals surface area contributed by atoms with Crippen LogP contribution < -0.4 is 10.6 Å². The van der Waals surface area contributed by atoms with Crippen LogP contribution in [0.2, 0.25) is 0 Å². The Kier molecular flexibility index (Phi) is 8.08. The van der Waals surface area contributed by atoms with Gasteiger partial charge in [-0.3, -0.25) is 24.5 Å². The van der Waals surface area contributed by atoms with Gasteiger partial charge in [-0.1, -0.05) is 0 Å². The summed E-state index contributed by atoms with van der Waals surface area (Å²) in [6, 6.07) is 5.58. The van der Waals surface area contributed by atoms with Crippen LogP contribution in [-0.2, 0) is 14.3 Å². The van der Waals surface area contributed by atoms with Gasteiger partial charge in [-0.2, -0.15) is 11.3 Å². The average molecular weight is 470 g/mol. The Morgan fingerprint density at radius 3 is 2.68 bits per heavy atom. The number of carbonyl (C=O) groups excluding carboxylic acids is 3. The van der Waals surface area contributed by atoms with Gasteiger partial charge in [0.15, 0.2) is 6.61 Å². The van der Waals surface area contributed by atoms with Crippen LogP contribution in [0.25, 0.3) is 0 Å². The molecule has 9 nitrogen and oxygen atoms in total. The van der Waals surface area contributed by atoms with E-state index < -0.39 is 23.4 Å². The van der Waals surface area contributed by atoms with Crippen molar-refractivity contribution in [3.05, 3.63) is 55.2 Å². The van der Waals surface area contributed by atoms with Gasteiger partial charge in [0.05, 0.1) is 10.6 Å².